The van der Waals surface area contributed by atoms with Crippen LogP contribution in [0.25, 0.3) is 0 Å². The van der Waals surface area contributed by atoms with E-state index in [1.807, 2.05) is 5.43 Å². The van der Waals surface area contributed by atoms with Crippen molar-refractivity contribution in [1.29, 1.82) is 0 Å². The molecular weight excluding hydrogens is 173 g/mol. The van der Waals surface area contributed by atoms with E-state index in [9.17, 15) is 13.2 Å². The van der Waals surface area contributed by atoms with Crippen LogP contribution in [0.5, 0.6) is 0 Å². The van der Waals surface area contributed by atoms with Gasteiger partial charge in [-0.05, 0) is 0 Å². The summed E-state index contributed by atoms with van der Waals surface area (Å²) in [7, 11) is 0. The lowest BCUT2D eigenvalue weighted by Crippen LogP contribution is -2.14. The molecule has 0 aliphatic rings. The Morgan fingerprint density at radius 1 is 1.33 bits per heavy atom. The summed E-state index contributed by atoms with van der Waals surface area (Å²) in [6.07, 6.45) is -2.77. The lowest BCUT2D eigenvalue weighted by molar-refractivity contribution is -0.141. The average molecular weight is 178 g/mol. The van der Waals surface area contributed by atoms with Gasteiger partial charge in [0, 0.05) is 0 Å². The quantitative estimate of drug-likeness (QED) is 0.492. The van der Waals surface area contributed by atoms with Crippen LogP contribution < -0.4 is 11.3 Å². The van der Waals surface area contributed by atoms with Crippen molar-refractivity contribution in [3.63, 3.8) is 0 Å². The minimum atomic E-state index is -4.49. The van der Waals surface area contributed by atoms with Crippen molar-refractivity contribution in [2.45, 2.75) is 6.18 Å². The number of nitrogens with zero attached hydrogens (tertiary/aromatic N) is 2. The van der Waals surface area contributed by atoms with Gasteiger partial charge in [-0.15, -0.1) is 0 Å². The molecule has 0 atom stereocenters. The maximum atomic E-state index is 11.9. The highest BCUT2D eigenvalue weighted by molar-refractivity contribution is 5.29. The first-order valence-electron chi connectivity index (χ1n) is 2.90. The first kappa shape index (κ1) is 8.72. The molecule has 7 heteroatoms. The molecule has 0 aromatic carbocycles. The summed E-state index contributed by atoms with van der Waals surface area (Å²) in [5.74, 6) is 4.72. The third kappa shape index (κ3) is 1.82. The number of aromatic nitrogens is 2. The van der Waals surface area contributed by atoms with Crippen molar-refractivity contribution >= 4 is 5.82 Å². The molecule has 0 amide bonds. The Bertz CT molecular complexity index is 272. The van der Waals surface area contributed by atoms with Gasteiger partial charge >= 0.3 is 6.18 Å². The van der Waals surface area contributed by atoms with Crippen LogP contribution >= 0.6 is 0 Å². The zero-order valence-electron chi connectivity index (χ0n) is 5.76. The number of nitrogens with one attached hydrogen (secondary N) is 1. The summed E-state index contributed by atoms with van der Waals surface area (Å²) in [5.41, 5.74) is 0.894. The second-order valence-electron chi connectivity index (χ2n) is 1.93. The molecular formula is C5H5F3N4. The number of halogens is 3. The Morgan fingerprint density at radius 2 is 2.00 bits per heavy atom. The van der Waals surface area contributed by atoms with Gasteiger partial charge < -0.3 is 5.43 Å². The van der Waals surface area contributed by atoms with Crippen LogP contribution in [-0.2, 0) is 6.18 Å². The van der Waals surface area contributed by atoms with Crippen molar-refractivity contribution in [1.82, 2.24) is 9.97 Å². The Kier molecular flexibility index (Phi) is 2.13. The molecule has 0 unspecified atom stereocenters. The predicted molar refractivity (Wildman–Crippen MR) is 34.8 cm³/mol. The van der Waals surface area contributed by atoms with Gasteiger partial charge in [0.25, 0.3) is 0 Å². The molecule has 0 fully saturated rings. The number of rotatable bonds is 1. The summed E-state index contributed by atoms with van der Waals surface area (Å²) in [5, 5.41) is 0. The second kappa shape index (κ2) is 2.94. The highest BCUT2D eigenvalue weighted by atomic mass is 19.4. The lowest BCUT2D eigenvalue weighted by Gasteiger charge is -2.05. The van der Waals surface area contributed by atoms with E-state index in [-0.39, 0.29) is 5.82 Å². The molecule has 1 heterocycles. The lowest BCUT2D eigenvalue weighted by atomic mass is 10.4. The first-order valence-corrected chi connectivity index (χ1v) is 2.90. The van der Waals surface area contributed by atoms with E-state index in [1.54, 1.807) is 0 Å². The smallest absolute Gasteiger partial charge is 0.307 e. The summed E-state index contributed by atoms with van der Waals surface area (Å²) in [6.45, 7) is 0. The third-order valence-electron chi connectivity index (χ3n) is 1.07. The van der Waals surface area contributed by atoms with Gasteiger partial charge in [0.2, 0.25) is 0 Å². The molecule has 66 valence electrons. The SMILES string of the molecule is NNc1cncc(C(F)(F)F)n1. The first-order chi connectivity index (χ1) is 5.54. The molecule has 1 rings (SSSR count). The fraction of sp³-hybridized carbons (Fsp3) is 0.200. The van der Waals surface area contributed by atoms with E-state index >= 15 is 0 Å². The van der Waals surface area contributed by atoms with Gasteiger partial charge in [-0.2, -0.15) is 13.2 Å². The maximum Gasteiger partial charge on any atom is 0.434 e. The van der Waals surface area contributed by atoms with Crippen LogP contribution in [0.2, 0.25) is 0 Å². The zero-order valence-corrected chi connectivity index (χ0v) is 5.76. The van der Waals surface area contributed by atoms with Crippen molar-refractivity contribution in [3.05, 3.63) is 18.1 Å². The largest absolute Gasteiger partial charge is 0.434 e. The van der Waals surface area contributed by atoms with Crippen molar-refractivity contribution in [2.75, 3.05) is 5.43 Å². The Labute approximate surface area is 65.6 Å². The Morgan fingerprint density at radius 3 is 2.50 bits per heavy atom. The van der Waals surface area contributed by atoms with E-state index in [4.69, 9.17) is 5.84 Å². The number of hydrogen-bond acceptors (Lipinski definition) is 4. The topological polar surface area (TPSA) is 63.8 Å². The molecule has 4 nitrogen and oxygen atoms in total. The van der Waals surface area contributed by atoms with Gasteiger partial charge in [-0.3, -0.25) is 4.98 Å². The molecule has 3 N–H and O–H groups in total. The van der Waals surface area contributed by atoms with E-state index in [0.29, 0.717) is 6.20 Å². The normalized spacial score (nSPS) is 11.3. The third-order valence-corrected chi connectivity index (χ3v) is 1.07. The van der Waals surface area contributed by atoms with Crippen LogP contribution in [0.1, 0.15) is 5.69 Å². The van der Waals surface area contributed by atoms with Gasteiger partial charge in [-0.1, -0.05) is 0 Å². The van der Waals surface area contributed by atoms with Gasteiger partial charge in [0.15, 0.2) is 11.5 Å². The number of alkyl halides is 3. The van der Waals surface area contributed by atoms with Crippen LogP contribution in [0, 0.1) is 0 Å². The fourth-order valence-electron chi connectivity index (χ4n) is 0.572. The standard InChI is InChI=1S/C5H5F3N4/c6-5(7,8)3-1-10-2-4(11-3)12-9/h1-2H,9H2,(H,11,12). The van der Waals surface area contributed by atoms with Gasteiger partial charge in [-0.25, -0.2) is 10.8 Å². The van der Waals surface area contributed by atoms with Crippen LogP contribution in [-0.4, -0.2) is 9.97 Å². The second-order valence-corrected chi connectivity index (χ2v) is 1.93. The molecule has 12 heavy (non-hydrogen) atoms. The number of nitrogens with two attached hydrogens (primary N) is 1. The molecule has 1 aromatic rings. The van der Waals surface area contributed by atoms with Crippen LogP contribution in [0.4, 0.5) is 19.0 Å². The van der Waals surface area contributed by atoms with Crippen molar-refractivity contribution in [3.8, 4) is 0 Å². The van der Waals surface area contributed by atoms with Crippen molar-refractivity contribution in [2.24, 2.45) is 5.84 Å². The summed E-state index contributed by atoms with van der Waals surface area (Å²) in [6, 6.07) is 0. The summed E-state index contributed by atoms with van der Waals surface area (Å²) < 4.78 is 35.8. The molecule has 0 radical (unpaired) electrons. The Hall–Kier alpha value is -1.37. The van der Waals surface area contributed by atoms with Gasteiger partial charge in [0.1, 0.15) is 0 Å². The van der Waals surface area contributed by atoms with Crippen LogP contribution in [0.15, 0.2) is 12.4 Å². The number of hydrazine groups is 1. The summed E-state index contributed by atoms with van der Waals surface area (Å²) >= 11 is 0. The maximum absolute atomic E-state index is 11.9. The number of nitrogen functional groups attached to an aromatic ring is 1. The van der Waals surface area contributed by atoms with E-state index in [2.05, 4.69) is 9.97 Å². The van der Waals surface area contributed by atoms with E-state index in [0.717, 1.165) is 6.20 Å². The molecule has 0 saturated carbocycles. The highest BCUT2D eigenvalue weighted by Crippen LogP contribution is 2.27. The monoisotopic (exact) mass is 178 g/mol. The van der Waals surface area contributed by atoms with Crippen molar-refractivity contribution < 1.29 is 13.2 Å². The predicted octanol–water partition coefficient (Wildman–Crippen LogP) is 0.781. The van der Waals surface area contributed by atoms with E-state index < -0.39 is 11.9 Å². The molecule has 0 aliphatic carbocycles. The average Bonchev–Trinajstić information content (AvgIpc) is 2.03. The molecule has 0 spiro atoms. The highest BCUT2D eigenvalue weighted by Gasteiger charge is 2.33. The van der Waals surface area contributed by atoms with E-state index in [1.165, 1.54) is 0 Å². The number of anilines is 1. The molecule has 0 saturated heterocycles. The molecule has 0 bridgehead atoms. The Balaban J connectivity index is 3.02. The van der Waals surface area contributed by atoms with Gasteiger partial charge in [0.05, 0.1) is 12.4 Å². The molecule has 1 aromatic heterocycles. The minimum absolute atomic E-state index is 0.121. The minimum Gasteiger partial charge on any atom is -0.307 e. The molecule has 0 aliphatic heterocycles. The summed E-state index contributed by atoms with van der Waals surface area (Å²) in [4.78, 5) is 6.44. The van der Waals surface area contributed by atoms with Crippen LogP contribution in [0.3, 0.4) is 0 Å². The fourth-order valence-corrected chi connectivity index (χ4v) is 0.572. The number of hydrogen-bond donors (Lipinski definition) is 2. The zero-order chi connectivity index (χ0) is 9.19.